The van der Waals surface area contributed by atoms with Crippen molar-refractivity contribution in [3.05, 3.63) is 70.3 Å². The van der Waals surface area contributed by atoms with Crippen molar-refractivity contribution in [1.82, 2.24) is 19.4 Å². The topological polar surface area (TPSA) is 59.3 Å². The standard InChI is InChI=1S/C28H30F6N4O2/c1-36-11-9-17(12-25(36)39)20-8-10-35-13-22(20)26(40)38(19-6-7-19)15-18-14-37(23-5-3-2-4-21(18)23)16-24(27(29,30)31)28(32,33)34/h2-5,9,11-12,14,19-20,22,24,35H,6-8,10,13,15-16H2,1H3. The maximum Gasteiger partial charge on any atom is 0.402 e. The molecular formula is C28H30F6N4O2. The van der Waals surface area contributed by atoms with E-state index in [-0.39, 0.29) is 35.5 Å². The van der Waals surface area contributed by atoms with Gasteiger partial charge in [-0.05, 0) is 55.0 Å². The number of alkyl halides is 6. The summed E-state index contributed by atoms with van der Waals surface area (Å²) in [6.45, 7) is -0.148. The van der Waals surface area contributed by atoms with Gasteiger partial charge in [-0.25, -0.2) is 0 Å². The van der Waals surface area contributed by atoms with E-state index in [4.69, 9.17) is 0 Å². The van der Waals surface area contributed by atoms with E-state index < -0.39 is 30.7 Å². The van der Waals surface area contributed by atoms with E-state index >= 15 is 0 Å². The molecule has 2 aliphatic rings. The number of halogens is 6. The molecule has 216 valence electrons. The van der Waals surface area contributed by atoms with Crippen LogP contribution in [0.25, 0.3) is 10.9 Å². The maximum atomic E-state index is 14.0. The summed E-state index contributed by atoms with van der Waals surface area (Å²) in [5, 5.41) is 3.76. The fourth-order valence-electron chi connectivity index (χ4n) is 5.67. The number of fused-ring (bicyclic) bond motifs is 1. The summed E-state index contributed by atoms with van der Waals surface area (Å²) in [7, 11) is 1.65. The first kappa shape index (κ1) is 28.3. The van der Waals surface area contributed by atoms with Gasteiger partial charge in [-0.2, -0.15) is 26.3 Å². The third kappa shape index (κ3) is 5.77. The van der Waals surface area contributed by atoms with Crippen LogP contribution in [0, 0.1) is 11.8 Å². The van der Waals surface area contributed by atoms with Crippen LogP contribution < -0.4 is 10.9 Å². The zero-order chi connectivity index (χ0) is 28.8. The second kappa shape index (κ2) is 10.6. The number of aromatic nitrogens is 2. The summed E-state index contributed by atoms with van der Waals surface area (Å²) in [5.74, 6) is -4.31. The lowest BCUT2D eigenvalue weighted by atomic mass is 9.80. The Kier molecular flexibility index (Phi) is 7.49. The minimum Gasteiger partial charge on any atom is -0.346 e. The van der Waals surface area contributed by atoms with E-state index in [0.717, 1.165) is 23.0 Å². The van der Waals surface area contributed by atoms with Gasteiger partial charge < -0.3 is 19.4 Å². The Morgan fingerprint density at radius 1 is 1.07 bits per heavy atom. The minimum absolute atomic E-state index is 0.0565. The second-order valence-electron chi connectivity index (χ2n) is 10.8. The highest BCUT2D eigenvalue weighted by molar-refractivity contribution is 5.85. The van der Waals surface area contributed by atoms with Gasteiger partial charge in [0.05, 0.1) is 5.92 Å². The van der Waals surface area contributed by atoms with Gasteiger partial charge in [-0.3, -0.25) is 9.59 Å². The van der Waals surface area contributed by atoms with Gasteiger partial charge in [0, 0.05) is 62.1 Å². The lowest BCUT2D eigenvalue weighted by Gasteiger charge is -2.35. The Hall–Kier alpha value is -3.28. The molecule has 5 rings (SSSR count). The molecule has 1 amide bonds. The molecule has 1 N–H and O–H groups in total. The van der Waals surface area contributed by atoms with E-state index in [1.807, 2.05) is 6.07 Å². The molecule has 2 unspecified atom stereocenters. The molecule has 3 heterocycles. The zero-order valence-corrected chi connectivity index (χ0v) is 21.8. The number of hydrogen-bond donors (Lipinski definition) is 1. The Balaban J connectivity index is 1.46. The molecule has 2 fully saturated rings. The molecule has 40 heavy (non-hydrogen) atoms. The van der Waals surface area contributed by atoms with Crippen LogP contribution in [0.1, 0.15) is 36.3 Å². The molecule has 2 aromatic heterocycles. The number of benzene rings is 1. The largest absolute Gasteiger partial charge is 0.402 e. The molecule has 6 nitrogen and oxygen atoms in total. The lowest BCUT2D eigenvalue weighted by molar-refractivity contribution is -0.287. The van der Waals surface area contributed by atoms with Crippen LogP contribution in [0.5, 0.6) is 0 Å². The summed E-state index contributed by atoms with van der Waals surface area (Å²) < 4.78 is 82.6. The van der Waals surface area contributed by atoms with Crippen molar-refractivity contribution in [2.45, 2.75) is 56.7 Å². The number of aryl methyl sites for hydroxylation is 1. The quantitative estimate of drug-likeness (QED) is 0.410. The number of pyridine rings is 1. The van der Waals surface area contributed by atoms with Crippen LogP contribution in [0.2, 0.25) is 0 Å². The molecule has 3 aromatic rings. The number of carbonyl (C=O) groups excluding carboxylic acids is 1. The van der Waals surface area contributed by atoms with E-state index in [2.05, 4.69) is 5.32 Å². The first-order valence-corrected chi connectivity index (χ1v) is 13.2. The van der Waals surface area contributed by atoms with Gasteiger partial charge >= 0.3 is 12.4 Å². The van der Waals surface area contributed by atoms with Crippen molar-refractivity contribution in [3.8, 4) is 0 Å². The lowest BCUT2D eigenvalue weighted by Crippen LogP contribution is -2.47. The normalized spacial score (nSPS) is 20.3. The van der Waals surface area contributed by atoms with Gasteiger partial charge in [-0.1, -0.05) is 18.2 Å². The minimum atomic E-state index is -5.46. The van der Waals surface area contributed by atoms with Crippen LogP contribution in [-0.2, 0) is 24.9 Å². The summed E-state index contributed by atoms with van der Waals surface area (Å²) >= 11 is 0. The van der Waals surface area contributed by atoms with Gasteiger partial charge in [-0.15, -0.1) is 0 Å². The summed E-state index contributed by atoms with van der Waals surface area (Å²) in [5.41, 5.74) is 1.34. The fourth-order valence-corrected chi connectivity index (χ4v) is 5.67. The molecule has 1 saturated carbocycles. The second-order valence-corrected chi connectivity index (χ2v) is 10.8. The number of nitrogens with zero attached hydrogens (tertiary/aromatic N) is 3. The Bertz CT molecular complexity index is 1430. The number of rotatable bonds is 7. The average Bonchev–Trinajstić information content (AvgIpc) is 3.68. The first-order valence-electron chi connectivity index (χ1n) is 13.2. The fraction of sp³-hybridized carbons (Fsp3) is 0.500. The molecule has 0 bridgehead atoms. The molecule has 1 aliphatic carbocycles. The number of piperidine rings is 1. The van der Waals surface area contributed by atoms with Gasteiger partial charge in [0.1, 0.15) is 0 Å². The average molecular weight is 569 g/mol. The Labute approximate surface area is 226 Å². The monoisotopic (exact) mass is 568 g/mol. The predicted octanol–water partition coefficient (Wildman–Crippen LogP) is 4.97. The van der Waals surface area contributed by atoms with Crippen molar-refractivity contribution in [2.24, 2.45) is 18.9 Å². The van der Waals surface area contributed by atoms with Crippen LogP contribution >= 0.6 is 0 Å². The molecule has 0 radical (unpaired) electrons. The van der Waals surface area contributed by atoms with Crippen molar-refractivity contribution in [2.75, 3.05) is 13.1 Å². The molecule has 1 aliphatic heterocycles. The highest BCUT2D eigenvalue weighted by atomic mass is 19.4. The van der Waals surface area contributed by atoms with E-state index in [9.17, 15) is 35.9 Å². The van der Waals surface area contributed by atoms with Crippen LogP contribution in [-0.4, -0.2) is 51.4 Å². The SMILES string of the molecule is Cn1ccc(C2CCNCC2C(=O)N(Cc2cn(CC(C(F)(F)F)C(F)(F)F)c3ccccc23)C2CC2)cc1=O. The van der Waals surface area contributed by atoms with E-state index in [1.165, 1.54) is 16.8 Å². The third-order valence-electron chi connectivity index (χ3n) is 8.01. The van der Waals surface area contributed by atoms with Crippen LogP contribution in [0.3, 0.4) is 0 Å². The number of amides is 1. The highest BCUT2D eigenvalue weighted by Crippen LogP contribution is 2.42. The molecule has 1 aromatic carbocycles. The smallest absolute Gasteiger partial charge is 0.346 e. The summed E-state index contributed by atoms with van der Waals surface area (Å²) in [6, 6.07) is 9.69. The van der Waals surface area contributed by atoms with Crippen molar-refractivity contribution < 1.29 is 31.1 Å². The van der Waals surface area contributed by atoms with Crippen molar-refractivity contribution in [3.63, 3.8) is 0 Å². The van der Waals surface area contributed by atoms with E-state index in [1.54, 1.807) is 42.4 Å². The maximum absolute atomic E-state index is 14.0. The molecule has 12 heteroatoms. The van der Waals surface area contributed by atoms with Crippen molar-refractivity contribution >= 4 is 16.8 Å². The number of nitrogens with one attached hydrogen (secondary N) is 1. The Morgan fingerprint density at radius 3 is 2.42 bits per heavy atom. The number of carbonyl (C=O) groups is 1. The molecule has 0 spiro atoms. The van der Waals surface area contributed by atoms with Gasteiger partial charge in [0.15, 0.2) is 5.92 Å². The third-order valence-corrected chi connectivity index (χ3v) is 8.01. The van der Waals surface area contributed by atoms with Crippen LogP contribution in [0.15, 0.2) is 53.6 Å². The molecule has 1 saturated heterocycles. The Morgan fingerprint density at radius 2 is 1.77 bits per heavy atom. The zero-order valence-electron chi connectivity index (χ0n) is 21.8. The molecular weight excluding hydrogens is 538 g/mol. The van der Waals surface area contributed by atoms with Crippen LogP contribution in [0.4, 0.5) is 26.3 Å². The predicted molar refractivity (Wildman–Crippen MR) is 137 cm³/mol. The molecule has 2 atom stereocenters. The van der Waals surface area contributed by atoms with Gasteiger partial charge in [0.2, 0.25) is 5.91 Å². The summed E-state index contributed by atoms with van der Waals surface area (Å²) in [6.07, 6.45) is -5.74. The van der Waals surface area contributed by atoms with E-state index in [0.29, 0.717) is 30.5 Å². The number of hydrogen-bond acceptors (Lipinski definition) is 3. The number of para-hydroxylation sites is 1. The van der Waals surface area contributed by atoms with Gasteiger partial charge in [0.25, 0.3) is 5.56 Å². The summed E-state index contributed by atoms with van der Waals surface area (Å²) in [4.78, 5) is 28.0. The highest BCUT2D eigenvalue weighted by Gasteiger charge is 2.56. The van der Waals surface area contributed by atoms with Crippen molar-refractivity contribution in [1.29, 1.82) is 0 Å². The first-order chi connectivity index (χ1) is 18.8.